The second-order valence-corrected chi connectivity index (χ2v) is 5.95. The summed E-state index contributed by atoms with van der Waals surface area (Å²) in [4.78, 5) is 21.5. The maximum absolute atomic E-state index is 11.4. The van der Waals surface area contributed by atoms with E-state index in [0.717, 1.165) is 32.4 Å². The molecule has 120 valence electrons. The van der Waals surface area contributed by atoms with E-state index < -0.39 is 0 Å². The highest BCUT2D eigenvalue weighted by atomic mass is 16.6. The van der Waals surface area contributed by atoms with Crippen molar-refractivity contribution in [2.45, 2.75) is 32.1 Å². The molecule has 0 amide bonds. The first-order chi connectivity index (χ1) is 11.2. The molecule has 3 heterocycles. The third-order valence-corrected chi connectivity index (χ3v) is 4.49. The van der Waals surface area contributed by atoms with E-state index in [1.165, 1.54) is 5.56 Å². The third-order valence-electron chi connectivity index (χ3n) is 4.49. The lowest BCUT2D eigenvalue weighted by Gasteiger charge is -2.22. The predicted molar refractivity (Wildman–Crippen MR) is 88.7 cm³/mol. The van der Waals surface area contributed by atoms with Crippen molar-refractivity contribution in [2.24, 2.45) is 0 Å². The van der Waals surface area contributed by atoms with Gasteiger partial charge in [0.05, 0.1) is 4.92 Å². The zero-order valence-electron chi connectivity index (χ0n) is 13.2. The molecule has 0 aromatic carbocycles. The van der Waals surface area contributed by atoms with Gasteiger partial charge >= 0.3 is 5.69 Å². The van der Waals surface area contributed by atoms with Crippen molar-refractivity contribution in [1.82, 2.24) is 9.97 Å². The number of anilines is 1. The first-order valence-electron chi connectivity index (χ1n) is 7.91. The van der Waals surface area contributed by atoms with Crippen molar-refractivity contribution in [3.8, 4) is 0 Å². The smallest absolute Gasteiger partial charge is 0.314 e. The van der Waals surface area contributed by atoms with Crippen LogP contribution in [0.2, 0.25) is 0 Å². The zero-order chi connectivity index (χ0) is 16.2. The summed E-state index contributed by atoms with van der Waals surface area (Å²) in [6, 6.07) is 5.82. The molecule has 0 saturated carbocycles. The molecule has 1 unspecified atom stereocenters. The van der Waals surface area contributed by atoms with E-state index in [4.69, 9.17) is 0 Å². The summed E-state index contributed by atoms with van der Waals surface area (Å²) < 4.78 is 0. The Kier molecular flexibility index (Phi) is 4.50. The molecule has 1 aliphatic rings. The highest BCUT2D eigenvalue weighted by molar-refractivity contribution is 5.61. The van der Waals surface area contributed by atoms with Gasteiger partial charge in [0.2, 0.25) is 5.82 Å². The van der Waals surface area contributed by atoms with Crippen LogP contribution in [0.4, 0.5) is 11.5 Å². The van der Waals surface area contributed by atoms with E-state index in [1.807, 2.05) is 12.4 Å². The van der Waals surface area contributed by atoms with E-state index in [1.54, 1.807) is 19.2 Å². The van der Waals surface area contributed by atoms with E-state index in [-0.39, 0.29) is 10.6 Å². The second-order valence-electron chi connectivity index (χ2n) is 5.95. The average Bonchev–Trinajstić information content (AvgIpc) is 2.81. The van der Waals surface area contributed by atoms with Gasteiger partial charge in [-0.25, -0.2) is 4.98 Å². The quantitative estimate of drug-likeness (QED) is 0.641. The molecule has 23 heavy (non-hydrogen) atoms. The Balaban J connectivity index is 1.81. The van der Waals surface area contributed by atoms with Gasteiger partial charge in [0.15, 0.2) is 0 Å². The van der Waals surface area contributed by atoms with E-state index >= 15 is 0 Å². The second kappa shape index (κ2) is 6.73. The first kappa shape index (κ1) is 15.4. The van der Waals surface area contributed by atoms with Gasteiger partial charge < -0.3 is 4.90 Å². The lowest BCUT2D eigenvalue weighted by atomic mass is 9.93. The molecule has 2 aromatic rings. The minimum absolute atomic E-state index is 0.134. The summed E-state index contributed by atoms with van der Waals surface area (Å²) >= 11 is 0. The highest BCUT2D eigenvalue weighted by Gasteiger charge is 2.26. The number of rotatable bonds is 3. The summed E-state index contributed by atoms with van der Waals surface area (Å²) in [5.74, 6) is 0.984. The SMILES string of the molecule is Cc1ccnc(N2CCCC(c3ccncc3)CC2)c1[N+](=O)[O-]. The molecule has 0 radical (unpaired) electrons. The minimum Gasteiger partial charge on any atom is -0.351 e. The van der Waals surface area contributed by atoms with Crippen LogP contribution in [0.5, 0.6) is 0 Å². The lowest BCUT2D eigenvalue weighted by Crippen LogP contribution is -2.26. The Hall–Kier alpha value is -2.50. The summed E-state index contributed by atoms with van der Waals surface area (Å²) in [6.07, 6.45) is 8.36. The van der Waals surface area contributed by atoms with Gasteiger partial charge in [-0.05, 0) is 55.9 Å². The summed E-state index contributed by atoms with van der Waals surface area (Å²) in [7, 11) is 0. The van der Waals surface area contributed by atoms with Crippen LogP contribution in [0, 0.1) is 17.0 Å². The van der Waals surface area contributed by atoms with Gasteiger partial charge in [-0.3, -0.25) is 15.1 Å². The van der Waals surface area contributed by atoms with Gasteiger partial charge in [-0.2, -0.15) is 0 Å². The van der Waals surface area contributed by atoms with Crippen molar-refractivity contribution >= 4 is 11.5 Å². The fraction of sp³-hybridized carbons (Fsp3) is 0.412. The van der Waals surface area contributed by atoms with Crippen LogP contribution in [-0.4, -0.2) is 28.0 Å². The number of pyridine rings is 2. The van der Waals surface area contributed by atoms with E-state index in [2.05, 4.69) is 27.0 Å². The van der Waals surface area contributed by atoms with Crippen LogP contribution in [0.15, 0.2) is 36.8 Å². The van der Waals surface area contributed by atoms with Crippen LogP contribution < -0.4 is 4.90 Å². The molecule has 1 atom stereocenters. The monoisotopic (exact) mass is 312 g/mol. The molecule has 0 spiro atoms. The van der Waals surface area contributed by atoms with Crippen molar-refractivity contribution < 1.29 is 4.92 Å². The number of nitrogens with zero attached hydrogens (tertiary/aromatic N) is 4. The Labute approximate surface area is 135 Å². The molecular weight excluding hydrogens is 292 g/mol. The van der Waals surface area contributed by atoms with E-state index in [9.17, 15) is 10.1 Å². The third kappa shape index (κ3) is 3.31. The maximum Gasteiger partial charge on any atom is 0.314 e. The van der Waals surface area contributed by atoms with Gasteiger partial charge in [0.25, 0.3) is 0 Å². The standard InChI is InChI=1S/C17H20N4O2/c1-13-4-10-19-17(16(13)21(22)23)20-11-2-3-14(7-12-20)15-5-8-18-9-6-15/h4-6,8-10,14H,2-3,7,11-12H2,1H3. The Morgan fingerprint density at radius 2 is 1.96 bits per heavy atom. The Morgan fingerprint density at radius 3 is 2.70 bits per heavy atom. The molecule has 6 heteroatoms. The Morgan fingerprint density at radius 1 is 1.17 bits per heavy atom. The molecular formula is C17H20N4O2. The number of aryl methyl sites for hydroxylation is 1. The molecule has 0 N–H and O–H groups in total. The number of nitro groups is 1. The largest absolute Gasteiger partial charge is 0.351 e. The van der Waals surface area contributed by atoms with Crippen LogP contribution in [-0.2, 0) is 0 Å². The summed E-state index contributed by atoms with van der Waals surface area (Å²) in [6.45, 7) is 3.35. The van der Waals surface area contributed by atoms with Gasteiger partial charge in [0, 0.05) is 37.2 Å². The molecule has 1 aliphatic heterocycles. The molecule has 6 nitrogen and oxygen atoms in total. The van der Waals surface area contributed by atoms with Crippen molar-refractivity contribution in [1.29, 1.82) is 0 Å². The fourth-order valence-electron chi connectivity index (χ4n) is 3.27. The average molecular weight is 312 g/mol. The maximum atomic E-state index is 11.4. The molecule has 0 bridgehead atoms. The van der Waals surface area contributed by atoms with Gasteiger partial charge in [0.1, 0.15) is 0 Å². The fourth-order valence-corrected chi connectivity index (χ4v) is 3.27. The normalized spacial score (nSPS) is 18.5. The van der Waals surface area contributed by atoms with Gasteiger partial charge in [-0.15, -0.1) is 0 Å². The molecule has 3 rings (SSSR count). The summed E-state index contributed by atoms with van der Waals surface area (Å²) in [5.41, 5.74) is 2.10. The van der Waals surface area contributed by atoms with Crippen LogP contribution in [0.25, 0.3) is 0 Å². The Bertz CT molecular complexity index is 690. The number of hydrogen-bond donors (Lipinski definition) is 0. The highest BCUT2D eigenvalue weighted by Crippen LogP contribution is 2.33. The minimum atomic E-state index is -0.317. The summed E-state index contributed by atoms with van der Waals surface area (Å²) in [5, 5.41) is 11.4. The zero-order valence-corrected chi connectivity index (χ0v) is 13.2. The molecule has 0 aliphatic carbocycles. The first-order valence-corrected chi connectivity index (χ1v) is 7.91. The van der Waals surface area contributed by atoms with Crippen LogP contribution in [0.1, 0.15) is 36.3 Å². The van der Waals surface area contributed by atoms with E-state index in [0.29, 0.717) is 17.3 Å². The van der Waals surface area contributed by atoms with Crippen molar-refractivity contribution in [3.63, 3.8) is 0 Å². The number of hydrogen-bond acceptors (Lipinski definition) is 5. The van der Waals surface area contributed by atoms with Crippen LogP contribution >= 0.6 is 0 Å². The molecule has 1 fully saturated rings. The lowest BCUT2D eigenvalue weighted by molar-refractivity contribution is -0.384. The topological polar surface area (TPSA) is 72.2 Å². The predicted octanol–water partition coefficient (Wildman–Crippen LogP) is 3.47. The van der Waals surface area contributed by atoms with Crippen LogP contribution in [0.3, 0.4) is 0 Å². The van der Waals surface area contributed by atoms with Gasteiger partial charge in [-0.1, -0.05) is 0 Å². The van der Waals surface area contributed by atoms with Crippen molar-refractivity contribution in [3.05, 3.63) is 58.0 Å². The number of aromatic nitrogens is 2. The van der Waals surface area contributed by atoms with Crippen molar-refractivity contribution in [2.75, 3.05) is 18.0 Å². The molecule has 1 saturated heterocycles. The molecule has 2 aromatic heterocycles.